The lowest BCUT2D eigenvalue weighted by atomic mass is 9.85. The fourth-order valence-corrected chi connectivity index (χ4v) is 5.16. The summed E-state index contributed by atoms with van der Waals surface area (Å²) < 4.78 is 14.4. The van der Waals surface area contributed by atoms with Crippen molar-refractivity contribution in [3.8, 4) is 11.8 Å². The van der Waals surface area contributed by atoms with Gasteiger partial charge in [0.15, 0.2) is 0 Å². The summed E-state index contributed by atoms with van der Waals surface area (Å²) >= 11 is 0. The van der Waals surface area contributed by atoms with Crippen LogP contribution in [0, 0.1) is 17.3 Å². The maximum Gasteiger partial charge on any atom is 0.0963 e. The van der Waals surface area contributed by atoms with E-state index in [1.54, 1.807) is 6.08 Å². The summed E-state index contributed by atoms with van der Waals surface area (Å²) in [6.45, 7) is 26.0. The average Bonchev–Trinajstić information content (AvgIpc) is 2.79. The molecule has 0 aromatic rings. The van der Waals surface area contributed by atoms with E-state index in [0.29, 0.717) is 6.42 Å². The van der Waals surface area contributed by atoms with Crippen LogP contribution in [-0.4, -0.2) is 18.8 Å². The van der Waals surface area contributed by atoms with E-state index < -0.39 is 13.7 Å². The Bertz CT molecular complexity index is 974. The molecule has 0 aliphatic carbocycles. The molecule has 0 saturated heterocycles. The highest BCUT2D eigenvalue weighted by atomic mass is 28.3. The van der Waals surface area contributed by atoms with Crippen molar-refractivity contribution in [3.63, 3.8) is 0 Å². The van der Waals surface area contributed by atoms with E-state index in [2.05, 4.69) is 98.2 Å². The molecule has 0 aliphatic rings. The normalized spacial score (nSPS) is 14.2. The van der Waals surface area contributed by atoms with E-state index in [9.17, 15) is 9.50 Å². The van der Waals surface area contributed by atoms with Gasteiger partial charge in [0.05, 0.1) is 19.5 Å². The van der Waals surface area contributed by atoms with Crippen LogP contribution < -0.4 is 0 Å². The molecule has 3 heteroatoms. The Hall–Kier alpha value is -1.63. The van der Waals surface area contributed by atoms with Crippen molar-refractivity contribution >= 4 is 8.07 Å². The standard InChI is InChI=1S/C37H63FOSi/c1-30(2)35(37(8,9)39)25-24-32(4)19-15-18-31(3)20-16-22-34(38)23-17-21-33(5)26-28-36(6,7)27-13-14-29-40(10,11)12/h19-20,23,26,39H,15-18,21-22,24-25,27-29H2,1-12H3/b31-20+,32-19+,33-26+,34-23-. The summed E-state index contributed by atoms with van der Waals surface area (Å²) in [5.41, 5.74) is 5.80. The van der Waals surface area contributed by atoms with Crippen LogP contribution in [0.5, 0.6) is 0 Å². The van der Waals surface area contributed by atoms with E-state index in [4.69, 9.17) is 0 Å². The van der Waals surface area contributed by atoms with E-state index in [1.807, 2.05) is 13.8 Å². The van der Waals surface area contributed by atoms with Gasteiger partial charge in [-0.2, -0.15) is 0 Å². The van der Waals surface area contributed by atoms with E-state index in [1.165, 1.54) is 22.3 Å². The zero-order chi connectivity index (χ0) is 31.0. The lowest BCUT2D eigenvalue weighted by molar-refractivity contribution is 0.114. The molecule has 0 radical (unpaired) electrons. The first-order chi connectivity index (χ1) is 18.3. The van der Waals surface area contributed by atoms with Gasteiger partial charge in [0.25, 0.3) is 0 Å². The molecule has 0 aliphatic heterocycles. The lowest BCUT2D eigenvalue weighted by Crippen LogP contribution is -2.23. The predicted molar refractivity (Wildman–Crippen MR) is 181 cm³/mol. The molecule has 0 aromatic carbocycles. The van der Waals surface area contributed by atoms with Crippen molar-refractivity contribution in [1.82, 2.24) is 0 Å². The molecule has 0 saturated carbocycles. The Balaban J connectivity index is 4.43. The van der Waals surface area contributed by atoms with Crippen LogP contribution in [0.15, 0.2) is 58.0 Å². The second-order valence-electron chi connectivity index (χ2n) is 14.6. The van der Waals surface area contributed by atoms with E-state index in [0.717, 1.165) is 69.4 Å². The first-order valence-corrected chi connectivity index (χ1v) is 19.2. The summed E-state index contributed by atoms with van der Waals surface area (Å²) in [5, 5.41) is 10.4. The summed E-state index contributed by atoms with van der Waals surface area (Å²) in [6, 6.07) is 1.07. The molecule has 1 nitrogen and oxygen atoms in total. The molecule has 0 heterocycles. The SMILES string of the molecule is CC(C)=C(CC/C(C)=C/CC/C(C)=C/CC/C(F)=C/CC/C(C)=C/CC(C)(C)CC#CC[Si](C)(C)C)C(C)(C)O. The van der Waals surface area contributed by atoms with Crippen molar-refractivity contribution < 1.29 is 9.50 Å². The topological polar surface area (TPSA) is 20.2 Å². The van der Waals surface area contributed by atoms with Crippen molar-refractivity contribution in [2.24, 2.45) is 5.41 Å². The van der Waals surface area contributed by atoms with E-state index in [-0.39, 0.29) is 11.2 Å². The van der Waals surface area contributed by atoms with Gasteiger partial charge in [-0.05, 0) is 111 Å². The van der Waals surface area contributed by atoms with Gasteiger partial charge in [-0.1, -0.05) is 80.1 Å². The Kier molecular flexibility index (Phi) is 18.0. The Labute approximate surface area is 250 Å². The van der Waals surface area contributed by atoms with Crippen LogP contribution in [0.1, 0.15) is 127 Å². The molecule has 0 aromatic heterocycles. The molecule has 0 amide bonds. The second kappa shape index (κ2) is 18.7. The van der Waals surface area contributed by atoms with Gasteiger partial charge in [-0.25, -0.2) is 4.39 Å². The molecular formula is C37H63FOSi. The van der Waals surface area contributed by atoms with Crippen molar-refractivity contribution in [2.75, 3.05) is 0 Å². The molecule has 0 spiro atoms. The smallest absolute Gasteiger partial charge is 0.0963 e. The molecule has 0 rings (SSSR count). The maximum atomic E-state index is 14.4. The van der Waals surface area contributed by atoms with Crippen LogP contribution in [0.3, 0.4) is 0 Å². The van der Waals surface area contributed by atoms with Gasteiger partial charge >= 0.3 is 0 Å². The number of hydrogen-bond donors (Lipinski definition) is 1. The van der Waals surface area contributed by atoms with Crippen molar-refractivity contribution in [3.05, 3.63) is 58.0 Å². The number of halogens is 1. The van der Waals surface area contributed by atoms with Gasteiger partial charge in [0, 0.05) is 18.9 Å². The molecule has 0 atom stereocenters. The monoisotopic (exact) mass is 570 g/mol. The fraction of sp³-hybridized carbons (Fsp3) is 0.676. The molecule has 1 N–H and O–H groups in total. The van der Waals surface area contributed by atoms with Crippen LogP contribution >= 0.6 is 0 Å². The van der Waals surface area contributed by atoms with Gasteiger partial charge in [-0.15, -0.1) is 11.8 Å². The van der Waals surface area contributed by atoms with Crippen molar-refractivity contribution in [1.29, 1.82) is 0 Å². The van der Waals surface area contributed by atoms with Gasteiger partial charge in [0.1, 0.15) is 0 Å². The Morgan fingerprint density at radius 1 is 0.700 bits per heavy atom. The first-order valence-electron chi connectivity index (χ1n) is 15.5. The second-order valence-corrected chi connectivity index (χ2v) is 20.1. The number of allylic oxidation sites excluding steroid dienone is 9. The molecule has 228 valence electrons. The Morgan fingerprint density at radius 3 is 1.73 bits per heavy atom. The van der Waals surface area contributed by atoms with Gasteiger partial charge < -0.3 is 5.11 Å². The number of aliphatic hydroxyl groups is 1. The largest absolute Gasteiger partial charge is 0.386 e. The van der Waals surface area contributed by atoms with Crippen LogP contribution in [-0.2, 0) is 0 Å². The molecule has 0 unspecified atom stereocenters. The zero-order valence-corrected chi connectivity index (χ0v) is 29.4. The molecular weight excluding hydrogens is 507 g/mol. The maximum absolute atomic E-state index is 14.4. The average molecular weight is 571 g/mol. The fourth-order valence-electron chi connectivity index (χ4n) is 4.51. The van der Waals surface area contributed by atoms with Crippen LogP contribution in [0.4, 0.5) is 4.39 Å². The highest BCUT2D eigenvalue weighted by Gasteiger charge is 2.20. The third-order valence-corrected chi connectivity index (χ3v) is 8.47. The quantitative estimate of drug-likeness (QED) is 0.105. The van der Waals surface area contributed by atoms with Gasteiger partial charge in [0.2, 0.25) is 0 Å². The third-order valence-electron chi connectivity index (χ3n) is 7.24. The molecule has 0 fully saturated rings. The number of hydrogen-bond acceptors (Lipinski definition) is 1. The minimum absolute atomic E-state index is 0.00692. The highest BCUT2D eigenvalue weighted by Crippen LogP contribution is 2.27. The van der Waals surface area contributed by atoms with Gasteiger partial charge in [-0.3, -0.25) is 0 Å². The summed E-state index contributed by atoms with van der Waals surface area (Å²) in [6.07, 6.45) is 17.3. The number of rotatable bonds is 17. The molecule has 40 heavy (non-hydrogen) atoms. The lowest BCUT2D eigenvalue weighted by Gasteiger charge is -2.24. The summed E-state index contributed by atoms with van der Waals surface area (Å²) in [5.74, 6) is 6.81. The predicted octanol–water partition coefficient (Wildman–Crippen LogP) is 12.1. The Morgan fingerprint density at radius 2 is 1.20 bits per heavy atom. The minimum atomic E-state index is -1.09. The third kappa shape index (κ3) is 21.2. The van der Waals surface area contributed by atoms with Crippen LogP contribution in [0.25, 0.3) is 0 Å². The minimum Gasteiger partial charge on any atom is -0.386 e. The van der Waals surface area contributed by atoms with Crippen molar-refractivity contribution in [2.45, 2.75) is 158 Å². The summed E-state index contributed by atoms with van der Waals surface area (Å²) in [4.78, 5) is 0. The zero-order valence-electron chi connectivity index (χ0n) is 28.4. The first kappa shape index (κ1) is 38.4. The highest BCUT2D eigenvalue weighted by molar-refractivity contribution is 6.76. The van der Waals surface area contributed by atoms with E-state index >= 15 is 0 Å². The van der Waals surface area contributed by atoms with Crippen LogP contribution in [0.2, 0.25) is 25.7 Å². The summed E-state index contributed by atoms with van der Waals surface area (Å²) in [7, 11) is -1.09. The molecule has 0 bridgehead atoms.